The first-order valence-corrected chi connectivity index (χ1v) is 13.3. The molecule has 6 aromatic carbocycles. The summed E-state index contributed by atoms with van der Waals surface area (Å²) >= 11 is 0. The van der Waals surface area contributed by atoms with Crippen molar-refractivity contribution in [1.82, 2.24) is 9.55 Å². The molecule has 0 unspecified atom stereocenters. The molecule has 9 aromatic rings. The van der Waals surface area contributed by atoms with E-state index in [0.717, 1.165) is 38.7 Å². The Morgan fingerprint density at radius 1 is 0.487 bits per heavy atom. The number of H-pyrrole nitrogens is 1. The highest BCUT2D eigenvalue weighted by molar-refractivity contribution is 6.23. The molecular formula is C36H22N2O. The second-order valence-corrected chi connectivity index (χ2v) is 10.3. The molecule has 0 radical (unpaired) electrons. The summed E-state index contributed by atoms with van der Waals surface area (Å²) in [7, 11) is 0. The van der Waals surface area contributed by atoms with E-state index in [1.807, 2.05) is 0 Å². The molecule has 1 N–H and O–H groups in total. The zero-order valence-corrected chi connectivity index (χ0v) is 21.0. The second-order valence-electron chi connectivity index (χ2n) is 10.3. The van der Waals surface area contributed by atoms with Crippen LogP contribution in [0.2, 0.25) is 0 Å². The van der Waals surface area contributed by atoms with Crippen molar-refractivity contribution < 1.29 is 4.42 Å². The van der Waals surface area contributed by atoms with Gasteiger partial charge < -0.3 is 14.0 Å². The molecule has 0 fully saturated rings. The summed E-state index contributed by atoms with van der Waals surface area (Å²) in [6, 6.07) is 45.3. The lowest BCUT2D eigenvalue weighted by molar-refractivity contribution is 0.669. The van der Waals surface area contributed by atoms with Crippen LogP contribution in [0.3, 0.4) is 0 Å². The van der Waals surface area contributed by atoms with E-state index >= 15 is 0 Å². The molecular weight excluding hydrogens is 476 g/mol. The van der Waals surface area contributed by atoms with E-state index in [2.05, 4.69) is 137 Å². The lowest BCUT2D eigenvalue weighted by Crippen LogP contribution is -1.94. The molecule has 9 rings (SSSR count). The Hall–Kier alpha value is -5.28. The minimum absolute atomic E-state index is 0.899. The lowest BCUT2D eigenvalue weighted by Gasteiger charge is -2.09. The van der Waals surface area contributed by atoms with Crippen molar-refractivity contribution >= 4 is 65.6 Å². The molecule has 0 aliphatic carbocycles. The van der Waals surface area contributed by atoms with Crippen molar-refractivity contribution in [1.29, 1.82) is 0 Å². The van der Waals surface area contributed by atoms with E-state index in [4.69, 9.17) is 4.42 Å². The van der Waals surface area contributed by atoms with Crippen molar-refractivity contribution in [2.75, 3.05) is 0 Å². The Balaban J connectivity index is 1.38. The summed E-state index contributed by atoms with van der Waals surface area (Å²) in [5.41, 5.74) is 10.0. The molecule has 0 spiro atoms. The van der Waals surface area contributed by atoms with Crippen LogP contribution in [0.4, 0.5) is 0 Å². The van der Waals surface area contributed by atoms with Crippen molar-refractivity contribution in [3.63, 3.8) is 0 Å². The van der Waals surface area contributed by atoms with Gasteiger partial charge in [-0.05, 0) is 53.6 Å². The molecule has 39 heavy (non-hydrogen) atoms. The summed E-state index contributed by atoms with van der Waals surface area (Å²) in [6.45, 7) is 0. The van der Waals surface area contributed by atoms with Crippen LogP contribution in [-0.2, 0) is 0 Å². The molecule has 182 valence electrons. The highest BCUT2D eigenvalue weighted by Gasteiger charge is 2.18. The molecule has 3 heterocycles. The first-order chi connectivity index (χ1) is 19.3. The topological polar surface area (TPSA) is 33.9 Å². The van der Waals surface area contributed by atoms with Gasteiger partial charge in [-0.25, -0.2) is 0 Å². The van der Waals surface area contributed by atoms with Gasteiger partial charge in [0.2, 0.25) is 0 Å². The first kappa shape index (κ1) is 20.7. The molecule has 0 aliphatic rings. The number of fused-ring (bicyclic) bond motifs is 10. The van der Waals surface area contributed by atoms with E-state index in [1.165, 1.54) is 43.7 Å². The molecule has 3 nitrogen and oxygen atoms in total. The molecule has 0 bridgehead atoms. The monoisotopic (exact) mass is 498 g/mol. The Morgan fingerprint density at radius 3 is 2.10 bits per heavy atom. The van der Waals surface area contributed by atoms with Crippen LogP contribution in [-0.4, -0.2) is 9.55 Å². The number of nitrogens with one attached hydrogen (secondary N) is 1. The number of rotatable bonds is 2. The van der Waals surface area contributed by atoms with Gasteiger partial charge in [0, 0.05) is 43.5 Å². The van der Waals surface area contributed by atoms with Gasteiger partial charge in [0.05, 0.1) is 16.6 Å². The van der Waals surface area contributed by atoms with Gasteiger partial charge in [0.25, 0.3) is 0 Å². The van der Waals surface area contributed by atoms with Gasteiger partial charge in [-0.2, -0.15) is 0 Å². The van der Waals surface area contributed by atoms with Crippen LogP contribution in [0.1, 0.15) is 0 Å². The Labute approximate surface area is 223 Å². The van der Waals surface area contributed by atoms with Gasteiger partial charge in [-0.1, -0.05) is 84.9 Å². The van der Waals surface area contributed by atoms with Gasteiger partial charge in [0.15, 0.2) is 0 Å². The highest BCUT2D eigenvalue weighted by atomic mass is 16.3. The Bertz CT molecular complexity index is 2390. The standard InChI is InChI=1S/C36H22N2O/c1-2-8-22(9-3-1)23-14-18-33-29(20-23)30-21-24(15-19-34(30)39-33)38-32-13-7-5-11-26(32)28-17-16-27-25-10-4-6-12-31(25)37-35(27)36(28)38/h1-21,37H. The fourth-order valence-corrected chi connectivity index (χ4v) is 6.35. The van der Waals surface area contributed by atoms with Gasteiger partial charge in [0.1, 0.15) is 11.2 Å². The number of aromatic amines is 1. The zero-order valence-electron chi connectivity index (χ0n) is 21.0. The van der Waals surface area contributed by atoms with Crippen molar-refractivity contribution in [3.05, 3.63) is 127 Å². The number of para-hydroxylation sites is 2. The number of aromatic nitrogens is 2. The fraction of sp³-hybridized carbons (Fsp3) is 0. The van der Waals surface area contributed by atoms with Crippen molar-refractivity contribution in [2.45, 2.75) is 0 Å². The molecule has 0 aliphatic heterocycles. The smallest absolute Gasteiger partial charge is 0.135 e. The van der Waals surface area contributed by atoms with E-state index in [0.29, 0.717) is 0 Å². The predicted molar refractivity (Wildman–Crippen MR) is 163 cm³/mol. The van der Waals surface area contributed by atoms with Crippen LogP contribution in [0, 0.1) is 0 Å². The maximum atomic E-state index is 6.29. The van der Waals surface area contributed by atoms with Crippen LogP contribution in [0.15, 0.2) is 132 Å². The minimum Gasteiger partial charge on any atom is -0.456 e. The largest absolute Gasteiger partial charge is 0.456 e. The third-order valence-electron chi connectivity index (χ3n) is 8.13. The van der Waals surface area contributed by atoms with E-state index < -0.39 is 0 Å². The van der Waals surface area contributed by atoms with Crippen molar-refractivity contribution in [3.8, 4) is 16.8 Å². The molecule has 3 heteroatoms. The number of benzene rings is 6. The summed E-state index contributed by atoms with van der Waals surface area (Å²) < 4.78 is 8.69. The summed E-state index contributed by atoms with van der Waals surface area (Å²) in [5.74, 6) is 0. The normalized spacial score (nSPS) is 12.1. The Morgan fingerprint density at radius 2 is 1.21 bits per heavy atom. The molecule has 0 saturated heterocycles. The van der Waals surface area contributed by atoms with Crippen LogP contribution < -0.4 is 0 Å². The van der Waals surface area contributed by atoms with Gasteiger partial charge in [-0.3, -0.25) is 0 Å². The average molecular weight is 499 g/mol. The SMILES string of the molecule is c1ccc(-c2ccc3oc4ccc(-n5c6ccccc6c6ccc7c8ccccc8[nH]c7c65)cc4c3c2)cc1. The zero-order chi connectivity index (χ0) is 25.5. The number of nitrogens with zero attached hydrogens (tertiary/aromatic N) is 1. The number of hydrogen-bond donors (Lipinski definition) is 1. The van der Waals surface area contributed by atoms with E-state index in [1.54, 1.807) is 0 Å². The second kappa shape index (κ2) is 7.62. The van der Waals surface area contributed by atoms with Gasteiger partial charge >= 0.3 is 0 Å². The van der Waals surface area contributed by atoms with Crippen molar-refractivity contribution in [2.24, 2.45) is 0 Å². The Kier molecular flexibility index (Phi) is 4.05. The maximum Gasteiger partial charge on any atom is 0.135 e. The molecule has 0 amide bonds. The summed E-state index contributed by atoms with van der Waals surface area (Å²) in [6.07, 6.45) is 0. The highest BCUT2D eigenvalue weighted by Crippen LogP contribution is 2.40. The number of furan rings is 1. The maximum absolute atomic E-state index is 6.29. The van der Waals surface area contributed by atoms with Crippen LogP contribution >= 0.6 is 0 Å². The average Bonchev–Trinajstić information content (AvgIpc) is 3.66. The quantitative estimate of drug-likeness (QED) is 0.253. The van der Waals surface area contributed by atoms with E-state index in [9.17, 15) is 0 Å². The summed E-state index contributed by atoms with van der Waals surface area (Å²) in [4.78, 5) is 3.74. The molecule has 3 aromatic heterocycles. The van der Waals surface area contributed by atoms with Crippen LogP contribution in [0.25, 0.3) is 82.4 Å². The van der Waals surface area contributed by atoms with Gasteiger partial charge in [-0.15, -0.1) is 0 Å². The predicted octanol–water partition coefficient (Wildman–Crippen LogP) is 9.98. The molecule has 0 atom stereocenters. The van der Waals surface area contributed by atoms with Crippen LogP contribution in [0.5, 0.6) is 0 Å². The molecule has 0 saturated carbocycles. The third-order valence-corrected chi connectivity index (χ3v) is 8.13. The lowest BCUT2D eigenvalue weighted by atomic mass is 10.0. The van der Waals surface area contributed by atoms with E-state index in [-0.39, 0.29) is 0 Å². The minimum atomic E-state index is 0.899. The first-order valence-electron chi connectivity index (χ1n) is 13.3. The number of hydrogen-bond acceptors (Lipinski definition) is 1. The summed E-state index contributed by atoms with van der Waals surface area (Å²) in [5, 5.41) is 7.23. The fourth-order valence-electron chi connectivity index (χ4n) is 6.35. The third kappa shape index (κ3) is 2.87.